The number of rotatable bonds is 6. The zero-order valence-electron chi connectivity index (χ0n) is 10.5. The third kappa shape index (κ3) is 5.40. The Hall–Kier alpha value is -0.0600. The predicted octanol–water partition coefficient (Wildman–Crippen LogP) is 4.16. The lowest BCUT2D eigenvalue weighted by molar-refractivity contribution is 0.245. The molecule has 1 unspecified atom stereocenters. The second-order valence-electron chi connectivity index (χ2n) is 4.32. The molecule has 0 spiro atoms. The van der Waals surface area contributed by atoms with Gasteiger partial charge in [0.25, 0.3) is 0 Å². The van der Waals surface area contributed by atoms with Crippen LogP contribution in [-0.2, 0) is 6.54 Å². The van der Waals surface area contributed by atoms with Crippen molar-refractivity contribution in [2.45, 2.75) is 25.9 Å². The Balaban J connectivity index is 2.57. The molecule has 96 valence electrons. The highest BCUT2D eigenvalue weighted by atomic mass is 79.9. The van der Waals surface area contributed by atoms with Crippen LogP contribution < -0.4 is 0 Å². The molecule has 0 aliphatic heterocycles. The first-order chi connectivity index (χ1) is 8.02. The molecule has 1 rings (SSSR count). The van der Waals surface area contributed by atoms with Gasteiger partial charge in [-0.15, -0.1) is 0 Å². The van der Waals surface area contributed by atoms with Crippen molar-refractivity contribution in [1.82, 2.24) is 4.90 Å². The molecule has 4 heteroatoms. The summed E-state index contributed by atoms with van der Waals surface area (Å²) in [7, 11) is 2.09. The summed E-state index contributed by atoms with van der Waals surface area (Å²) in [5.74, 6) is 0.984. The van der Waals surface area contributed by atoms with E-state index in [4.69, 9.17) is 0 Å². The van der Waals surface area contributed by atoms with Gasteiger partial charge in [-0.2, -0.15) is 11.8 Å². The Bertz CT molecular complexity index is 339. The molecule has 0 saturated heterocycles. The van der Waals surface area contributed by atoms with Crippen molar-refractivity contribution in [3.8, 4) is 0 Å². The van der Waals surface area contributed by atoms with Crippen LogP contribution in [0.5, 0.6) is 0 Å². The van der Waals surface area contributed by atoms with Crippen LogP contribution in [0.2, 0.25) is 0 Å². The Kier molecular flexibility index (Phi) is 6.52. The van der Waals surface area contributed by atoms with Crippen molar-refractivity contribution in [1.29, 1.82) is 0 Å². The molecule has 0 aromatic heterocycles. The molecule has 0 fully saturated rings. The summed E-state index contributed by atoms with van der Waals surface area (Å²) >= 11 is 5.18. The highest BCUT2D eigenvalue weighted by Crippen LogP contribution is 2.17. The Labute approximate surface area is 116 Å². The first-order valence-electron chi connectivity index (χ1n) is 5.67. The Morgan fingerprint density at radius 1 is 1.41 bits per heavy atom. The molecule has 0 bridgehead atoms. The minimum absolute atomic E-state index is 0.181. The first-order valence-corrected chi connectivity index (χ1v) is 7.85. The van der Waals surface area contributed by atoms with E-state index in [2.05, 4.69) is 41.1 Å². The van der Waals surface area contributed by atoms with Crippen LogP contribution >= 0.6 is 27.7 Å². The van der Waals surface area contributed by atoms with Crippen LogP contribution in [0.15, 0.2) is 22.7 Å². The fourth-order valence-electron chi connectivity index (χ4n) is 1.65. The van der Waals surface area contributed by atoms with E-state index >= 15 is 0 Å². The molecule has 0 N–H and O–H groups in total. The summed E-state index contributed by atoms with van der Waals surface area (Å²) in [6.07, 6.45) is 3.28. The predicted molar refractivity (Wildman–Crippen MR) is 78.0 cm³/mol. The maximum atomic E-state index is 13.2. The standard InChI is InChI=1S/C13H19BrFNS/c1-10(4-5-17-3)16(2)9-11-6-12(14)8-13(15)7-11/h6-8,10H,4-5,9H2,1-3H3. The summed E-state index contributed by atoms with van der Waals surface area (Å²) in [5, 5.41) is 0. The van der Waals surface area contributed by atoms with Gasteiger partial charge in [0.15, 0.2) is 0 Å². The molecule has 1 aromatic rings. The summed E-state index contributed by atoms with van der Waals surface area (Å²) in [6, 6.07) is 5.58. The highest BCUT2D eigenvalue weighted by Gasteiger charge is 2.10. The van der Waals surface area contributed by atoms with Crippen LogP contribution in [0, 0.1) is 5.82 Å². The van der Waals surface area contributed by atoms with Crippen LogP contribution in [0.3, 0.4) is 0 Å². The maximum absolute atomic E-state index is 13.2. The average Bonchev–Trinajstić information content (AvgIpc) is 2.24. The molecular weight excluding hydrogens is 301 g/mol. The summed E-state index contributed by atoms with van der Waals surface area (Å²) in [5.41, 5.74) is 1.01. The second-order valence-corrected chi connectivity index (χ2v) is 6.22. The zero-order chi connectivity index (χ0) is 12.8. The third-order valence-electron chi connectivity index (χ3n) is 2.85. The van der Waals surface area contributed by atoms with Crippen molar-refractivity contribution >= 4 is 27.7 Å². The number of thioether (sulfide) groups is 1. The first kappa shape index (κ1) is 15.0. The van der Waals surface area contributed by atoms with Crippen LogP contribution in [0.4, 0.5) is 4.39 Å². The Morgan fingerprint density at radius 3 is 2.71 bits per heavy atom. The molecule has 1 atom stereocenters. The van der Waals surface area contributed by atoms with Gasteiger partial charge in [-0.1, -0.05) is 15.9 Å². The van der Waals surface area contributed by atoms with Crippen LogP contribution in [0.25, 0.3) is 0 Å². The number of hydrogen-bond donors (Lipinski definition) is 0. The van der Waals surface area contributed by atoms with Gasteiger partial charge in [0.1, 0.15) is 5.82 Å². The van der Waals surface area contributed by atoms with Crippen molar-refractivity contribution in [3.05, 3.63) is 34.1 Å². The summed E-state index contributed by atoms with van der Waals surface area (Å²) < 4.78 is 14.0. The molecular formula is C13H19BrFNS. The number of nitrogens with zero attached hydrogens (tertiary/aromatic N) is 1. The fourth-order valence-corrected chi connectivity index (χ4v) is 2.74. The van der Waals surface area contributed by atoms with Crippen molar-refractivity contribution in [2.24, 2.45) is 0 Å². The minimum Gasteiger partial charge on any atom is -0.299 e. The normalized spacial score (nSPS) is 13.1. The largest absolute Gasteiger partial charge is 0.299 e. The van der Waals surface area contributed by atoms with E-state index in [0.717, 1.165) is 23.0 Å². The third-order valence-corrected chi connectivity index (χ3v) is 3.95. The van der Waals surface area contributed by atoms with Gasteiger partial charge >= 0.3 is 0 Å². The molecule has 17 heavy (non-hydrogen) atoms. The smallest absolute Gasteiger partial charge is 0.124 e. The Morgan fingerprint density at radius 2 is 2.12 bits per heavy atom. The van der Waals surface area contributed by atoms with Gasteiger partial charge in [-0.3, -0.25) is 4.90 Å². The van der Waals surface area contributed by atoms with E-state index in [9.17, 15) is 4.39 Å². The minimum atomic E-state index is -0.181. The van der Waals surface area contributed by atoms with Crippen molar-refractivity contribution < 1.29 is 4.39 Å². The maximum Gasteiger partial charge on any atom is 0.124 e. The van der Waals surface area contributed by atoms with Gasteiger partial charge in [0.2, 0.25) is 0 Å². The second kappa shape index (κ2) is 7.39. The van der Waals surface area contributed by atoms with Crippen molar-refractivity contribution in [3.63, 3.8) is 0 Å². The van der Waals surface area contributed by atoms with Gasteiger partial charge in [0, 0.05) is 17.1 Å². The van der Waals surface area contributed by atoms with Crippen molar-refractivity contribution in [2.75, 3.05) is 19.1 Å². The number of hydrogen-bond acceptors (Lipinski definition) is 2. The molecule has 0 heterocycles. The summed E-state index contributed by atoms with van der Waals surface area (Å²) in [6.45, 7) is 3.00. The molecule has 1 nitrogen and oxygen atoms in total. The van der Waals surface area contributed by atoms with E-state index in [1.807, 2.05) is 17.8 Å². The van der Waals surface area contributed by atoms with E-state index in [-0.39, 0.29) is 5.82 Å². The lowest BCUT2D eigenvalue weighted by Gasteiger charge is -2.24. The van der Waals surface area contributed by atoms with Gasteiger partial charge in [-0.25, -0.2) is 4.39 Å². The van der Waals surface area contributed by atoms with E-state index < -0.39 is 0 Å². The van der Waals surface area contributed by atoms with Gasteiger partial charge in [-0.05, 0) is 56.2 Å². The molecule has 0 aliphatic rings. The highest BCUT2D eigenvalue weighted by molar-refractivity contribution is 9.10. The molecule has 0 radical (unpaired) electrons. The number of halogens is 2. The van der Waals surface area contributed by atoms with Crippen LogP contribution in [0.1, 0.15) is 18.9 Å². The number of benzene rings is 1. The molecule has 1 aromatic carbocycles. The van der Waals surface area contributed by atoms with E-state index in [0.29, 0.717) is 6.04 Å². The molecule has 0 aliphatic carbocycles. The quantitative estimate of drug-likeness (QED) is 0.774. The van der Waals surface area contributed by atoms with E-state index in [1.54, 1.807) is 6.07 Å². The summed E-state index contributed by atoms with van der Waals surface area (Å²) in [4.78, 5) is 2.26. The lowest BCUT2D eigenvalue weighted by Crippen LogP contribution is -2.29. The van der Waals surface area contributed by atoms with E-state index in [1.165, 1.54) is 11.8 Å². The van der Waals surface area contributed by atoms with Crippen LogP contribution in [-0.4, -0.2) is 30.0 Å². The molecule has 0 saturated carbocycles. The fraction of sp³-hybridized carbons (Fsp3) is 0.538. The SMILES string of the molecule is CSCCC(C)N(C)Cc1cc(F)cc(Br)c1. The average molecular weight is 320 g/mol. The van der Waals surface area contributed by atoms with Gasteiger partial charge < -0.3 is 0 Å². The lowest BCUT2D eigenvalue weighted by atomic mass is 10.1. The zero-order valence-corrected chi connectivity index (χ0v) is 12.9. The molecule has 0 amide bonds. The monoisotopic (exact) mass is 319 g/mol. The topological polar surface area (TPSA) is 3.24 Å². The van der Waals surface area contributed by atoms with Gasteiger partial charge in [0.05, 0.1) is 0 Å².